The Balaban J connectivity index is 3.54. The van der Waals surface area contributed by atoms with Crippen LogP contribution in [0.3, 0.4) is 0 Å². The second-order valence-corrected chi connectivity index (χ2v) is 2.32. The second-order valence-electron chi connectivity index (χ2n) is 1.98. The Hall–Kier alpha value is -1.60. The zero-order valence-electron chi connectivity index (χ0n) is 5.80. The van der Waals surface area contributed by atoms with Gasteiger partial charge >= 0.3 is 0 Å². The van der Waals surface area contributed by atoms with Crippen LogP contribution in [-0.4, -0.2) is 10.2 Å². The zero-order valence-corrected chi connectivity index (χ0v) is 6.55. The Kier molecular flexibility index (Phi) is 2.26. The summed E-state index contributed by atoms with van der Waals surface area (Å²) in [4.78, 5) is 23.8. The third kappa shape index (κ3) is 1.36. The molecule has 1 N–H and O–H groups in total. The average molecular weight is 183 g/mol. The molecule has 1 aromatic rings. The van der Waals surface area contributed by atoms with E-state index in [1.807, 2.05) is 0 Å². The van der Waals surface area contributed by atoms with E-state index < -0.39 is 10.8 Å². The first-order valence-corrected chi connectivity index (χ1v) is 3.36. The van der Waals surface area contributed by atoms with Crippen molar-refractivity contribution in [1.29, 1.82) is 5.26 Å². The summed E-state index contributed by atoms with van der Waals surface area (Å²) in [6.45, 7) is 0. The quantitative estimate of drug-likeness (QED) is 0.648. The van der Waals surface area contributed by atoms with Crippen molar-refractivity contribution in [3.8, 4) is 6.07 Å². The maximum absolute atomic E-state index is 10.9. The SMILES string of the molecule is N#Cc1cc[nH]c(=O)c1C(=O)Cl. The van der Waals surface area contributed by atoms with Gasteiger partial charge in [-0.05, 0) is 17.7 Å². The number of nitriles is 1. The van der Waals surface area contributed by atoms with Gasteiger partial charge in [-0.15, -0.1) is 0 Å². The van der Waals surface area contributed by atoms with Crippen molar-refractivity contribution in [2.75, 3.05) is 0 Å². The minimum Gasteiger partial charge on any atom is -0.328 e. The lowest BCUT2D eigenvalue weighted by atomic mass is 10.2. The summed E-state index contributed by atoms with van der Waals surface area (Å²) >= 11 is 5.08. The van der Waals surface area contributed by atoms with Crippen LogP contribution in [0.5, 0.6) is 0 Å². The summed E-state index contributed by atoms with van der Waals surface area (Å²) in [7, 11) is 0. The predicted octanol–water partition coefficient (Wildman–Crippen LogP) is 0.626. The third-order valence-corrected chi connectivity index (χ3v) is 1.47. The molecule has 0 aliphatic heterocycles. The van der Waals surface area contributed by atoms with E-state index >= 15 is 0 Å². The van der Waals surface area contributed by atoms with E-state index in [1.165, 1.54) is 12.3 Å². The van der Waals surface area contributed by atoms with Crippen LogP contribution in [0.4, 0.5) is 0 Å². The van der Waals surface area contributed by atoms with Crippen molar-refractivity contribution in [1.82, 2.24) is 4.98 Å². The summed E-state index contributed by atoms with van der Waals surface area (Å²) in [5, 5.41) is 7.56. The van der Waals surface area contributed by atoms with Crippen molar-refractivity contribution in [3.05, 3.63) is 33.7 Å². The molecule has 0 unspecified atom stereocenters. The zero-order chi connectivity index (χ0) is 9.14. The van der Waals surface area contributed by atoms with Crippen LogP contribution in [-0.2, 0) is 0 Å². The molecule has 0 saturated carbocycles. The highest BCUT2D eigenvalue weighted by Gasteiger charge is 2.12. The number of nitrogens with zero attached hydrogens (tertiary/aromatic N) is 1. The molecule has 0 spiro atoms. The highest BCUT2D eigenvalue weighted by Crippen LogP contribution is 2.03. The van der Waals surface area contributed by atoms with E-state index in [0.717, 1.165) is 0 Å². The minimum atomic E-state index is -0.923. The topological polar surface area (TPSA) is 73.7 Å². The highest BCUT2D eigenvalue weighted by molar-refractivity contribution is 6.67. The Morgan fingerprint density at radius 3 is 2.75 bits per heavy atom. The number of aromatic amines is 1. The minimum absolute atomic E-state index is 0.0150. The van der Waals surface area contributed by atoms with Gasteiger partial charge in [0, 0.05) is 6.20 Å². The van der Waals surface area contributed by atoms with Gasteiger partial charge < -0.3 is 4.98 Å². The van der Waals surface area contributed by atoms with Crippen LogP contribution in [0.1, 0.15) is 15.9 Å². The molecule has 1 rings (SSSR count). The Labute approximate surface area is 72.4 Å². The summed E-state index contributed by atoms with van der Waals surface area (Å²) in [6.07, 6.45) is 1.28. The van der Waals surface area contributed by atoms with Gasteiger partial charge in [0.15, 0.2) is 0 Å². The van der Waals surface area contributed by atoms with E-state index in [2.05, 4.69) is 4.98 Å². The van der Waals surface area contributed by atoms with Crippen LogP contribution < -0.4 is 5.56 Å². The van der Waals surface area contributed by atoms with Crippen LogP contribution in [0.25, 0.3) is 0 Å². The average Bonchev–Trinajstić information content (AvgIpc) is 2.03. The van der Waals surface area contributed by atoms with Crippen molar-refractivity contribution in [2.45, 2.75) is 0 Å². The fourth-order valence-electron chi connectivity index (χ4n) is 0.767. The Morgan fingerprint density at radius 1 is 1.67 bits per heavy atom. The lowest BCUT2D eigenvalue weighted by Gasteiger charge is -1.93. The van der Waals surface area contributed by atoms with Gasteiger partial charge in [0.25, 0.3) is 10.8 Å². The molecule has 0 saturated heterocycles. The number of halogens is 1. The van der Waals surface area contributed by atoms with E-state index in [4.69, 9.17) is 16.9 Å². The van der Waals surface area contributed by atoms with Gasteiger partial charge in [0.05, 0.1) is 5.56 Å². The number of H-pyrrole nitrogens is 1. The molecule has 0 aromatic carbocycles. The lowest BCUT2D eigenvalue weighted by Crippen LogP contribution is -2.16. The fraction of sp³-hybridized carbons (Fsp3) is 0. The van der Waals surface area contributed by atoms with Gasteiger partial charge in [0.1, 0.15) is 11.6 Å². The van der Waals surface area contributed by atoms with Crippen molar-refractivity contribution in [2.24, 2.45) is 0 Å². The maximum atomic E-state index is 10.9. The number of aromatic nitrogens is 1. The summed E-state index contributed by atoms with van der Waals surface area (Å²) in [5.74, 6) is 0. The van der Waals surface area contributed by atoms with Crippen molar-refractivity contribution < 1.29 is 4.79 Å². The van der Waals surface area contributed by atoms with Gasteiger partial charge in [-0.25, -0.2) is 0 Å². The first-order chi connectivity index (χ1) is 5.66. The first kappa shape index (κ1) is 8.50. The Bertz CT molecular complexity index is 416. The number of carbonyl (C=O) groups is 1. The molecule has 1 heterocycles. The predicted molar refractivity (Wildman–Crippen MR) is 42.0 cm³/mol. The first-order valence-electron chi connectivity index (χ1n) is 2.98. The lowest BCUT2D eigenvalue weighted by molar-refractivity contribution is 0.108. The molecule has 0 aliphatic rings. The van der Waals surface area contributed by atoms with Gasteiger partial charge in [-0.1, -0.05) is 0 Å². The molecular weight excluding hydrogens is 180 g/mol. The number of pyridine rings is 1. The summed E-state index contributed by atoms with van der Waals surface area (Å²) < 4.78 is 0. The number of rotatable bonds is 1. The number of nitrogens with one attached hydrogen (secondary N) is 1. The summed E-state index contributed by atoms with van der Waals surface area (Å²) in [5.41, 5.74) is -0.963. The van der Waals surface area contributed by atoms with E-state index in [-0.39, 0.29) is 11.1 Å². The van der Waals surface area contributed by atoms with Crippen LogP contribution in [0.2, 0.25) is 0 Å². The third-order valence-electron chi connectivity index (χ3n) is 1.28. The molecule has 0 bridgehead atoms. The van der Waals surface area contributed by atoms with Crippen molar-refractivity contribution >= 4 is 16.8 Å². The molecular formula is C7H3ClN2O2. The second kappa shape index (κ2) is 3.20. The molecule has 5 heteroatoms. The number of hydrogen-bond donors (Lipinski definition) is 1. The Morgan fingerprint density at radius 2 is 2.33 bits per heavy atom. The van der Waals surface area contributed by atoms with Gasteiger partial charge in [-0.3, -0.25) is 9.59 Å². The molecule has 60 valence electrons. The van der Waals surface area contributed by atoms with E-state index in [0.29, 0.717) is 0 Å². The van der Waals surface area contributed by atoms with Crippen molar-refractivity contribution in [3.63, 3.8) is 0 Å². The molecule has 0 radical (unpaired) electrons. The normalized spacial score (nSPS) is 9.00. The van der Waals surface area contributed by atoms with Gasteiger partial charge in [-0.2, -0.15) is 5.26 Å². The highest BCUT2D eigenvalue weighted by atomic mass is 35.5. The largest absolute Gasteiger partial charge is 0.328 e. The monoisotopic (exact) mass is 182 g/mol. The molecule has 1 aromatic heterocycles. The van der Waals surface area contributed by atoms with Gasteiger partial charge in [0.2, 0.25) is 0 Å². The van der Waals surface area contributed by atoms with E-state index in [1.54, 1.807) is 6.07 Å². The molecule has 0 aliphatic carbocycles. The molecule has 12 heavy (non-hydrogen) atoms. The molecule has 4 nitrogen and oxygen atoms in total. The number of carbonyl (C=O) groups excluding carboxylic acids is 1. The molecule has 0 fully saturated rings. The van der Waals surface area contributed by atoms with Crippen LogP contribution >= 0.6 is 11.6 Å². The standard InChI is InChI=1S/C7H3ClN2O2/c8-6(11)5-4(3-9)1-2-10-7(5)12/h1-2H,(H,10,12). The maximum Gasteiger partial charge on any atom is 0.261 e. The molecule has 0 amide bonds. The smallest absolute Gasteiger partial charge is 0.261 e. The van der Waals surface area contributed by atoms with Crippen LogP contribution in [0, 0.1) is 11.3 Å². The molecule has 0 atom stereocenters. The van der Waals surface area contributed by atoms with E-state index in [9.17, 15) is 9.59 Å². The summed E-state index contributed by atoms with van der Waals surface area (Å²) in [6, 6.07) is 3.01. The fourth-order valence-corrected chi connectivity index (χ4v) is 0.954. The number of hydrogen-bond acceptors (Lipinski definition) is 3. The van der Waals surface area contributed by atoms with Crippen LogP contribution in [0.15, 0.2) is 17.1 Å².